The first-order valence-corrected chi connectivity index (χ1v) is 4.28. The Labute approximate surface area is 81.1 Å². The summed E-state index contributed by atoms with van der Waals surface area (Å²) in [5.41, 5.74) is 0.912. The van der Waals surface area contributed by atoms with Crippen LogP contribution in [0, 0.1) is 0 Å². The van der Waals surface area contributed by atoms with Crippen molar-refractivity contribution in [2.45, 2.75) is 6.61 Å². The van der Waals surface area contributed by atoms with E-state index in [0.717, 1.165) is 10.5 Å². The molecule has 4 heteroatoms. The molecule has 1 saturated heterocycles. The zero-order valence-electron chi connectivity index (χ0n) is 7.47. The van der Waals surface area contributed by atoms with E-state index in [1.165, 1.54) is 0 Å². The average Bonchev–Trinajstić information content (AvgIpc) is 2.94. The van der Waals surface area contributed by atoms with Crippen molar-refractivity contribution in [1.82, 2.24) is 4.90 Å². The van der Waals surface area contributed by atoms with Crippen LogP contribution in [0.1, 0.15) is 5.56 Å². The first-order valence-electron chi connectivity index (χ1n) is 4.28. The van der Waals surface area contributed by atoms with E-state index < -0.39 is 6.09 Å². The Hall–Kier alpha value is -1.84. The zero-order valence-corrected chi connectivity index (χ0v) is 7.47. The van der Waals surface area contributed by atoms with Crippen LogP contribution in [0.15, 0.2) is 30.3 Å². The zero-order chi connectivity index (χ0) is 9.97. The molecule has 0 aliphatic carbocycles. The molecule has 2 amide bonds. The predicted octanol–water partition coefficient (Wildman–Crippen LogP) is 1.17. The van der Waals surface area contributed by atoms with Crippen molar-refractivity contribution >= 4 is 12.0 Å². The molecule has 1 heterocycles. The van der Waals surface area contributed by atoms with Crippen LogP contribution >= 0.6 is 0 Å². The maximum Gasteiger partial charge on any atom is 0.417 e. The molecule has 1 aliphatic heterocycles. The number of amides is 2. The van der Waals surface area contributed by atoms with Crippen LogP contribution in [0.25, 0.3) is 0 Å². The number of hydrogen-bond donors (Lipinski definition) is 0. The number of imide groups is 1. The van der Waals surface area contributed by atoms with E-state index in [2.05, 4.69) is 0 Å². The second kappa shape index (κ2) is 3.49. The van der Waals surface area contributed by atoms with Crippen molar-refractivity contribution in [3.05, 3.63) is 35.9 Å². The second-order valence-electron chi connectivity index (χ2n) is 3.02. The minimum absolute atomic E-state index is 0.178. The summed E-state index contributed by atoms with van der Waals surface area (Å²) in [7, 11) is 0. The van der Waals surface area contributed by atoms with Crippen LogP contribution in [-0.4, -0.2) is 23.4 Å². The fourth-order valence-corrected chi connectivity index (χ4v) is 1.06. The van der Waals surface area contributed by atoms with Crippen molar-refractivity contribution < 1.29 is 14.3 Å². The molecule has 2 rings (SSSR count). The largest absolute Gasteiger partial charge is 0.444 e. The van der Waals surface area contributed by atoms with E-state index in [9.17, 15) is 9.59 Å². The summed E-state index contributed by atoms with van der Waals surface area (Å²) >= 11 is 0. The van der Waals surface area contributed by atoms with Crippen molar-refractivity contribution in [2.75, 3.05) is 6.54 Å². The quantitative estimate of drug-likeness (QED) is 0.659. The number of benzene rings is 1. The van der Waals surface area contributed by atoms with Gasteiger partial charge in [0.15, 0.2) is 0 Å². The maximum absolute atomic E-state index is 11.1. The summed E-state index contributed by atoms with van der Waals surface area (Å²) in [6.45, 7) is 0.400. The smallest absolute Gasteiger partial charge is 0.417 e. The molecule has 14 heavy (non-hydrogen) atoms. The van der Waals surface area contributed by atoms with Crippen LogP contribution in [-0.2, 0) is 16.1 Å². The fourth-order valence-electron chi connectivity index (χ4n) is 1.06. The van der Waals surface area contributed by atoms with Gasteiger partial charge in [-0.2, -0.15) is 0 Å². The van der Waals surface area contributed by atoms with Gasteiger partial charge in [-0.05, 0) is 5.56 Å². The molecule has 0 saturated carbocycles. The normalized spacial score (nSPS) is 14.0. The minimum atomic E-state index is -0.557. The molecular weight excluding hydrogens is 182 g/mol. The van der Waals surface area contributed by atoms with Crippen molar-refractivity contribution in [1.29, 1.82) is 0 Å². The molecule has 0 unspecified atom stereocenters. The molecule has 4 nitrogen and oxygen atoms in total. The second-order valence-corrected chi connectivity index (χ2v) is 3.02. The summed E-state index contributed by atoms with van der Waals surface area (Å²) in [5, 5.41) is 0. The highest BCUT2D eigenvalue weighted by atomic mass is 16.6. The van der Waals surface area contributed by atoms with Gasteiger partial charge in [0.2, 0.25) is 0 Å². The molecule has 1 aromatic rings. The molecule has 0 aromatic heterocycles. The third kappa shape index (κ3) is 1.90. The third-order valence-corrected chi connectivity index (χ3v) is 1.92. The lowest BCUT2D eigenvalue weighted by atomic mass is 10.2. The van der Waals surface area contributed by atoms with Gasteiger partial charge >= 0.3 is 6.09 Å². The van der Waals surface area contributed by atoms with Gasteiger partial charge in [-0.1, -0.05) is 30.3 Å². The topological polar surface area (TPSA) is 46.4 Å². The Morgan fingerprint density at radius 3 is 2.57 bits per heavy atom. The van der Waals surface area contributed by atoms with Gasteiger partial charge in [0.25, 0.3) is 5.91 Å². The predicted molar refractivity (Wildman–Crippen MR) is 48.3 cm³/mol. The lowest BCUT2D eigenvalue weighted by Crippen LogP contribution is -2.13. The number of carbonyl (C=O) groups excluding carboxylic acids is 2. The van der Waals surface area contributed by atoms with E-state index in [4.69, 9.17) is 4.74 Å². The van der Waals surface area contributed by atoms with E-state index in [1.807, 2.05) is 30.3 Å². The average molecular weight is 191 g/mol. The molecule has 0 bridgehead atoms. The summed E-state index contributed by atoms with van der Waals surface area (Å²) in [6.07, 6.45) is -0.557. The van der Waals surface area contributed by atoms with Gasteiger partial charge in [-0.15, -0.1) is 0 Å². The van der Waals surface area contributed by atoms with Gasteiger partial charge in [0.1, 0.15) is 13.2 Å². The summed E-state index contributed by atoms with van der Waals surface area (Å²) in [6, 6.07) is 9.34. The number of nitrogens with zero attached hydrogens (tertiary/aromatic N) is 1. The highest BCUT2D eigenvalue weighted by Crippen LogP contribution is 2.10. The number of ether oxygens (including phenoxy) is 1. The summed E-state index contributed by atoms with van der Waals surface area (Å²) in [5.74, 6) is -0.178. The van der Waals surface area contributed by atoms with Gasteiger partial charge in [0.05, 0.1) is 0 Å². The molecule has 72 valence electrons. The first-order chi connectivity index (χ1) is 6.77. The lowest BCUT2D eigenvalue weighted by molar-refractivity contribution is -0.113. The summed E-state index contributed by atoms with van der Waals surface area (Å²) in [4.78, 5) is 22.7. The number of carbonyl (C=O) groups is 2. The van der Waals surface area contributed by atoms with Gasteiger partial charge in [-0.25, -0.2) is 9.69 Å². The molecule has 0 spiro atoms. The Kier molecular flexibility index (Phi) is 2.18. The van der Waals surface area contributed by atoms with E-state index >= 15 is 0 Å². The molecule has 0 radical (unpaired) electrons. The lowest BCUT2D eigenvalue weighted by Gasteiger charge is -2.03. The number of rotatable bonds is 2. The Bertz CT molecular complexity index is 361. The Morgan fingerprint density at radius 2 is 2.00 bits per heavy atom. The standard InChI is InChI=1S/C10H9NO3/c12-9-6-11(9)10(13)14-7-8-4-2-1-3-5-8/h1-5H,6-7H2. The highest BCUT2D eigenvalue weighted by Gasteiger charge is 2.37. The molecule has 0 atom stereocenters. The van der Waals surface area contributed by atoms with E-state index in [1.54, 1.807) is 0 Å². The molecule has 1 aliphatic rings. The highest BCUT2D eigenvalue weighted by molar-refractivity contribution is 6.06. The van der Waals surface area contributed by atoms with Gasteiger partial charge < -0.3 is 4.74 Å². The SMILES string of the molecule is O=C1CN1C(=O)OCc1ccccc1. The monoisotopic (exact) mass is 191 g/mol. The Balaban J connectivity index is 1.83. The first kappa shape index (κ1) is 8.74. The molecule has 0 N–H and O–H groups in total. The van der Waals surface area contributed by atoms with Crippen LogP contribution < -0.4 is 0 Å². The third-order valence-electron chi connectivity index (χ3n) is 1.92. The van der Waals surface area contributed by atoms with Gasteiger partial charge in [0, 0.05) is 0 Å². The van der Waals surface area contributed by atoms with Crippen LogP contribution in [0.2, 0.25) is 0 Å². The van der Waals surface area contributed by atoms with Crippen molar-refractivity contribution in [2.24, 2.45) is 0 Å². The van der Waals surface area contributed by atoms with Crippen LogP contribution in [0.3, 0.4) is 0 Å². The minimum Gasteiger partial charge on any atom is -0.444 e. The van der Waals surface area contributed by atoms with Gasteiger partial charge in [-0.3, -0.25) is 4.79 Å². The van der Waals surface area contributed by atoms with E-state index in [-0.39, 0.29) is 19.1 Å². The number of hydrogen-bond acceptors (Lipinski definition) is 3. The Morgan fingerprint density at radius 1 is 1.36 bits per heavy atom. The fraction of sp³-hybridized carbons (Fsp3) is 0.200. The van der Waals surface area contributed by atoms with E-state index in [0.29, 0.717) is 0 Å². The van der Waals surface area contributed by atoms with Crippen LogP contribution in [0.5, 0.6) is 0 Å². The van der Waals surface area contributed by atoms with Crippen molar-refractivity contribution in [3.63, 3.8) is 0 Å². The molecular formula is C10H9NO3. The maximum atomic E-state index is 11.1. The van der Waals surface area contributed by atoms with Crippen molar-refractivity contribution in [3.8, 4) is 0 Å². The molecule has 1 fully saturated rings. The summed E-state index contributed by atoms with van der Waals surface area (Å²) < 4.78 is 4.89. The van der Waals surface area contributed by atoms with Crippen LogP contribution in [0.4, 0.5) is 4.79 Å². The molecule has 1 aromatic carbocycles.